The third-order valence-electron chi connectivity index (χ3n) is 2.94. The summed E-state index contributed by atoms with van der Waals surface area (Å²) in [5.74, 6) is 0.311. The van der Waals surface area contributed by atoms with Gasteiger partial charge < -0.3 is 5.73 Å². The maximum Gasteiger partial charge on any atom is 0.416 e. The van der Waals surface area contributed by atoms with E-state index in [1.807, 2.05) is 13.8 Å². The maximum absolute atomic E-state index is 12.5. The molecule has 0 aliphatic rings. The van der Waals surface area contributed by atoms with Gasteiger partial charge in [-0.1, -0.05) is 19.9 Å². The zero-order chi connectivity index (χ0) is 14.7. The van der Waals surface area contributed by atoms with Crippen LogP contribution in [0.2, 0.25) is 0 Å². The van der Waals surface area contributed by atoms with Crippen molar-refractivity contribution in [3.8, 4) is 0 Å². The lowest BCUT2D eigenvalue weighted by Gasteiger charge is -2.21. The Kier molecular flexibility index (Phi) is 5.15. The maximum atomic E-state index is 12.5. The number of halogens is 3. The summed E-state index contributed by atoms with van der Waals surface area (Å²) in [6, 6.07) is 4.67. The Morgan fingerprint density at radius 3 is 2.42 bits per heavy atom. The molecule has 1 rings (SSSR count). The van der Waals surface area contributed by atoms with Crippen LogP contribution in [0.25, 0.3) is 0 Å². The molecule has 0 bridgehead atoms. The first-order valence-electron chi connectivity index (χ1n) is 5.91. The van der Waals surface area contributed by atoms with Gasteiger partial charge in [-0.2, -0.15) is 13.2 Å². The molecule has 108 valence electrons. The van der Waals surface area contributed by atoms with E-state index in [1.165, 1.54) is 12.1 Å². The standard InChI is InChI=1S/C13H18F3NOS/c1-12(2,9-17)6-7-19(18)11-5-3-4-10(8-11)13(14,15)16/h3-5,8H,6-7,9,17H2,1-2H3. The van der Waals surface area contributed by atoms with Crippen LogP contribution in [0.1, 0.15) is 25.8 Å². The lowest BCUT2D eigenvalue weighted by Crippen LogP contribution is -2.25. The summed E-state index contributed by atoms with van der Waals surface area (Å²) < 4.78 is 49.6. The lowest BCUT2D eigenvalue weighted by atomic mass is 9.91. The predicted molar refractivity (Wildman–Crippen MR) is 70.2 cm³/mol. The zero-order valence-electron chi connectivity index (χ0n) is 11.0. The first kappa shape index (κ1) is 16.2. The van der Waals surface area contributed by atoms with Crippen molar-refractivity contribution in [2.24, 2.45) is 11.1 Å². The van der Waals surface area contributed by atoms with Crippen molar-refractivity contribution in [1.82, 2.24) is 0 Å². The molecule has 0 fully saturated rings. The van der Waals surface area contributed by atoms with Gasteiger partial charge in [-0.05, 0) is 36.6 Å². The van der Waals surface area contributed by atoms with Gasteiger partial charge in [-0.3, -0.25) is 4.21 Å². The Morgan fingerprint density at radius 2 is 1.89 bits per heavy atom. The van der Waals surface area contributed by atoms with Crippen LogP contribution in [0, 0.1) is 5.41 Å². The highest BCUT2D eigenvalue weighted by Gasteiger charge is 2.30. The summed E-state index contributed by atoms with van der Waals surface area (Å²) in [6.45, 7) is 4.33. The minimum atomic E-state index is -4.41. The van der Waals surface area contributed by atoms with Crippen molar-refractivity contribution in [1.29, 1.82) is 0 Å². The summed E-state index contributed by atoms with van der Waals surface area (Å²) in [5.41, 5.74) is 4.64. The van der Waals surface area contributed by atoms with E-state index in [1.54, 1.807) is 0 Å². The Labute approximate surface area is 113 Å². The molecule has 2 nitrogen and oxygen atoms in total. The average Bonchev–Trinajstić information content (AvgIpc) is 2.35. The second kappa shape index (κ2) is 6.05. The molecule has 0 aliphatic heterocycles. The van der Waals surface area contributed by atoms with Crippen LogP contribution in [0.15, 0.2) is 29.2 Å². The lowest BCUT2D eigenvalue weighted by molar-refractivity contribution is -0.137. The van der Waals surface area contributed by atoms with Crippen molar-refractivity contribution < 1.29 is 17.4 Å². The van der Waals surface area contributed by atoms with E-state index < -0.39 is 22.5 Å². The van der Waals surface area contributed by atoms with E-state index in [2.05, 4.69) is 0 Å². The van der Waals surface area contributed by atoms with Gasteiger partial charge in [-0.25, -0.2) is 0 Å². The van der Waals surface area contributed by atoms with Crippen LogP contribution in [0.5, 0.6) is 0 Å². The second-order valence-electron chi connectivity index (χ2n) is 5.19. The van der Waals surface area contributed by atoms with Crippen LogP contribution < -0.4 is 5.73 Å². The molecule has 2 N–H and O–H groups in total. The van der Waals surface area contributed by atoms with Gasteiger partial charge in [0.25, 0.3) is 0 Å². The zero-order valence-corrected chi connectivity index (χ0v) is 11.8. The third-order valence-corrected chi connectivity index (χ3v) is 4.30. The molecule has 6 heteroatoms. The fourth-order valence-electron chi connectivity index (χ4n) is 1.40. The largest absolute Gasteiger partial charge is 0.416 e. The Morgan fingerprint density at radius 1 is 1.26 bits per heavy atom. The van der Waals surface area contributed by atoms with E-state index in [4.69, 9.17) is 5.73 Å². The summed E-state index contributed by atoms with van der Waals surface area (Å²) in [4.78, 5) is 0.211. The minimum absolute atomic E-state index is 0.155. The van der Waals surface area contributed by atoms with Crippen molar-refractivity contribution >= 4 is 10.8 Å². The summed E-state index contributed by atoms with van der Waals surface area (Å²) in [5, 5.41) is 0. The highest BCUT2D eigenvalue weighted by Crippen LogP contribution is 2.30. The van der Waals surface area contributed by atoms with Gasteiger partial charge in [0, 0.05) is 10.6 Å². The topological polar surface area (TPSA) is 43.1 Å². The Bertz CT molecular complexity index is 457. The number of benzene rings is 1. The molecular formula is C13H18F3NOS. The van der Waals surface area contributed by atoms with E-state index in [-0.39, 0.29) is 10.3 Å². The van der Waals surface area contributed by atoms with E-state index in [0.29, 0.717) is 18.7 Å². The van der Waals surface area contributed by atoms with Gasteiger partial charge in [0.1, 0.15) is 0 Å². The molecule has 0 aliphatic carbocycles. The van der Waals surface area contributed by atoms with Gasteiger partial charge in [-0.15, -0.1) is 0 Å². The smallest absolute Gasteiger partial charge is 0.330 e. The number of hydrogen-bond donors (Lipinski definition) is 1. The van der Waals surface area contributed by atoms with Crippen LogP contribution in [-0.2, 0) is 17.0 Å². The number of hydrogen-bond acceptors (Lipinski definition) is 2. The SMILES string of the molecule is CC(C)(CN)CCS(=O)c1cccc(C(F)(F)F)c1. The third kappa shape index (κ3) is 4.95. The summed E-state index contributed by atoms with van der Waals surface area (Å²) in [6.07, 6.45) is -3.80. The highest BCUT2D eigenvalue weighted by molar-refractivity contribution is 7.85. The van der Waals surface area contributed by atoms with Crippen molar-refractivity contribution in [3.63, 3.8) is 0 Å². The fraction of sp³-hybridized carbons (Fsp3) is 0.538. The molecular weight excluding hydrogens is 275 g/mol. The van der Waals surface area contributed by atoms with Gasteiger partial charge in [0.2, 0.25) is 0 Å². The molecule has 0 saturated carbocycles. The van der Waals surface area contributed by atoms with Crippen LogP contribution in [0.4, 0.5) is 13.2 Å². The number of alkyl halides is 3. The summed E-state index contributed by atoms with van der Waals surface area (Å²) in [7, 11) is -1.43. The molecule has 0 heterocycles. The minimum Gasteiger partial charge on any atom is -0.330 e. The Hall–Kier alpha value is -0.880. The van der Waals surface area contributed by atoms with E-state index in [0.717, 1.165) is 12.1 Å². The molecule has 0 aromatic heterocycles. The van der Waals surface area contributed by atoms with Crippen molar-refractivity contribution in [2.75, 3.05) is 12.3 Å². The fourth-order valence-corrected chi connectivity index (χ4v) is 2.87. The molecule has 19 heavy (non-hydrogen) atoms. The quantitative estimate of drug-likeness (QED) is 0.906. The van der Waals surface area contributed by atoms with Crippen molar-refractivity contribution in [2.45, 2.75) is 31.3 Å². The monoisotopic (exact) mass is 293 g/mol. The van der Waals surface area contributed by atoms with Gasteiger partial charge >= 0.3 is 6.18 Å². The summed E-state index contributed by atoms with van der Waals surface area (Å²) >= 11 is 0. The predicted octanol–water partition coefficient (Wildman–Crippen LogP) is 3.19. The van der Waals surface area contributed by atoms with Crippen LogP contribution in [0.3, 0.4) is 0 Å². The van der Waals surface area contributed by atoms with Crippen molar-refractivity contribution in [3.05, 3.63) is 29.8 Å². The molecule has 0 amide bonds. The Balaban J connectivity index is 2.78. The molecule has 0 radical (unpaired) electrons. The number of rotatable bonds is 5. The van der Waals surface area contributed by atoms with Gasteiger partial charge in [0.05, 0.1) is 16.4 Å². The van der Waals surface area contributed by atoms with Gasteiger partial charge in [0.15, 0.2) is 0 Å². The highest BCUT2D eigenvalue weighted by atomic mass is 32.2. The first-order chi connectivity index (χ1) is 8.65. The second-order valence-corrected chi connectivity index (χ2v) is 6.76. The molecule has 1 unspecified atom stereocenters. The molecule has 0 spiro atoms. The average molecular weight is 293 g/mol. The molecule has 1 aromatic carbocycles. The van der Waals surface area contributed by atoms with E-state index >= 15 is 0 Å². The van der Waals surface area contributed by atoms with Crippen LogP contribution in [-0.4, -0.2) is 16.5 Å². The molecule has 1 aromatic rings. The number of nitrogens with two attached hydrogens (primary N) is 1. The normalized spacial score (nSPS) is 14.4. The molecule has 1 atom stereocenters. The van der Waals surface area contributed by atoms with Crippen LogP contribution >= 0.6 is 0 Å². The molecule has 0 saturated heterocycles. The first-order valence-corrected chi connectivity index (χ1v) is 7.23. The van der Waals surface area contributed by atoms with E-state index in [9.17, 15) is 17.4 Å².